The summed E-state index contributed by atoms with van der Waals surface area (Å²) in [5, 5.41) is 5.37. The first-order valence-corrected chi connectivity index (χ1v) is 5.64. The zero-order valence-corrected chi connectivity index (χ0v) is 10.0. The molecule has 0 heterocycles. The molecular formula is C15H9LiO2. The molecule has 0 amide bonds. The predicted octanol–water partition coefficient (Wildman–Crippen LogP) is 2.20. The Morgan fingerprint density at radius 1 is 0.722 bits per heavy atom. The van der Waals surface area contributed by atoms with Crippen molar-refractivity contribution >= 4 is 49.6 Å². The average Bonchev–Trinajstić information content (AvgIpc) is 2.40. The Hall–Kier alpha value is -1.84. The standard InChI is InChI=1S/C14H9.CO2.Li/c1-3-7-13-11(5-1)9-10-12-6-2-4-8-14(12)13;2-1-3;/h1-5,7-10H;;. The van der Waals surface area contributed by atoms with E-state index in [0.717, 1.165) is 0 Å². The van der Waals surface area contributed by atoms with E-state index in [1.54, 1.807) is 0 Å². The molecule has 3 aromatic rings. The molecular weight excluding hydrogens is 219 g/mol. The van der Waals surface area contributed by atoms with Crippen LogP contribution in [0.15, 0.2) is 54.6 Å². The van der Waals surface area contributed by atoms with Crippen molar-refractivity contribution in [2.45, 2.75) is 0 Å². The van der Waals surface area contributed by atoms with Gasteiger partial charge in [-0.1, -0.05) is 0 Å². The van der Waals surface area contributed by atoms with Gasteiger partial charge < -0.3 is 0 Å². The first-order chi connectivity index (χ1) is 8.77. The van der Waals surface area contributed by atoms with Crippen LogP contribution in [0.2, 0.25) is 0 Å². The number of benzene rings is 3. The monoisotopic (exact) mass is 228 g/mol. The van der Waals surface area contributed by atoms with Crippen LogP contribution in [0, 0.1) is 0 Å². The Bertz CT molecular complexity index is 729. The molecule has 0 saturated carbocycles. The fourth-order valence-corrected chi connectivity index (χ4v) is 2.20. The van der Waals surface area contributed by atoms with E-state index in [-0.39, 0.29) is 6.15 Å². The molecule has 0 atom stereocenters. The average molecular weight is 228 g/mol. The molecule has 0 saturated heterocycles. The number of fused-ring (bicyclic) bond motifs is 3. The van der Waals surface area contributed by atoms with E-state index in [1.807, 2.05) is 0 Å². The third kappa shape index (κ3) is 2.37. The predicted molar refractivity (Wildman–Crippen MR) is 71.8 cm³/mol. The molecule has 82 valence electrons. The molecule has 0 bridgehead atoms. The second kappa shape index (κ2) is 5.67. The van der Waals surface area contributed by atoms with Gasteiger partial charge in [-0.2, -0.15) is 9.59 Å². The van der Waals surface area contributed by atoms with Crippen molar-refractivity contribution in [2.24, 2.45) is 0 Å². The Morgan fingerprint density at radius 2 is 1.39 bits per heavy atom. The van der Waals surface area contributed by atoms with Gasteiger partial charge in [-0.05, 0) is 0 Å². The van der Waals surface area contributed by atoms with Gasteiger partial charge >= 0.3 is 104 Å². The fraction of sp³-hybridized carbons (Fsp3) is 0. The van der Waals surface area contributed by atoms with Crippen LogP contribution in [-0.2, 0) is 9.59 Å². The molecule has 0 radical (unpaired) electrons. The van der Waals surface area contributed by atoms with Gasteiger partial charge in [-0.25, -0.2) is 0 Å². The normalized spacial score (nSPS) is 9.67. The van der Waals surface area contributed by atoms with Gasteiger partial charge in [0.15, 0.2) is 0 Å². The summed E-state index contributed by atoms with van der Waals surface area (Å²) in [6, 6.07) is 19.5. The molecule has 0 aliphatic heterocycles. The van der Waals surface area contributed by atoms with Crippen LogP contribution in [0.1, 0.15) is 0 Å². The summed E-state index contributed by atoms with van der Waals surface area (Å²) in [5.41, 5.74) is 0. The molecule has 0 unspecified atom stereocenters. The van der Waals surface area contributed by atoms with Crippen molar-refractivity contribution in [3.05, 3.63) is 54.6 Å². The molecule has 3 heteroatoms. The topological polar surface area (TPSA) is 34.1 Å². The van der Waals surface area contributed by atoms with Crippen LogP contribution >= 0.6 is 0 Å². The van der Waals surface area contributed by atoms with E-state index in [1.165, 1.54) is 25.8 Å². The number of hydrogen-bond donors (Lipinski definition) is 0. The summed E-state index contributed by atoms with van der Waals surface area (Å²) in [4.78, 5) is 16.2. The molecule has 3 rings (SSSR count). The molecule has 0 fully saturated rings. The van der Waals surface area contributed by atoms with Gasteiger partial charge in [0.1, 0.15) is 0 Å². The summed E-state index contributed by atoms with van der Waals surface area (Å²) in [5.74, 6) is 0. The summed E-state index contributed by atoms with van der Waals surface area (Å²) < 4.78 is 1.35. The summed E-state index contributed by atoms with van der Waals surface area (Å²) in [6.07, 6.45) is 0.250. The summed E-state index contributed by atoms with van der Waals surface area (Å²) >= 11 is 2.16. The second-order valence-electron chi connectivity index (χ2n) is 4.04. The molecule has 3 aromatic carbocycles. The Morgan fingerprint density at radius 3 is 2.17 bits per heavy atom. The molecule has 18 heavy (non-hydrogen) atoms. The molecule has 0 spiro atoms. The van der Waals surface area contributed by atoms with Crippen molar-refractivity contribution < 1.29 is 9.59 Å². The first kappa shape index (κ1) is 12.6. The van der Waals surface area contributed by atoms with Gasteiger partial charge in [0, 0.05) is 0 Å². The van der Waals surface area contributed by atoms with Crippen molar-refractivity contribution in [3.8, 4) is 0 Å². The van der Waals surface area contributed by atoms with E-state index < -0.39 is 0 Å². The molecule has 0 aliphatic rings. The van der Waals surface area contributed by atoms with Crippen LogP contribution in [-0.4, -0.2) is 23.9 Å². The van der Waals surface area contributed by atoms with E-state index in [2.05, 4.69) is 72.3 Å². The van der Waals surface area contributed by atoms with Crippen molar-refractivity contribution in [2.75, 3.05) is 0 Å². The number of hydrogen-bond acceptors (Lipinski definition) is 2. The summed E-state index contributed by atoms with van der Waals surface area (Å²) in [7, 11) is 0. The summed E-state index contributed by atoms with van der Waals surface area (Å²) in [6.45, 7) is 0. The van der Waals surface area contributed by atoms with Crippen LogP contribution < -0.4 is 4.24 Å². The van der Waals surface area contributed by atoms with Gasteiger partial charge in [0.2, 0.25) is 0 Å². The van der Waals surface area contributed by atoms with E-state index in [4.69, 9.17) is 9.59 Å². The van der Waals surface area contributed by atoms with Crippen molar-refractivity contribution in [1.82, 2.24) is 0 Å². The third-order valence-corrected chi connectivity index (χ3v) is 3.00. The van der Waals surface area contributed by atoms with Crippen molar-refractivity contribution in [1.29, 1.82) is 0 Å². The zero-order chi connectivity index (χ0) is 13.0. The minimum absolute atomic E-state index is 0.250. The quantitative estimate of drug-likeness (QED) is 0.436. The van der Waals surface area contributed by atoms with Crippen LogP contribution in [0.5, 0.6) is 0 Å². The van der Waals surface area contributed by atoms with E-state index >= 15 is 0 Å². The zero-order valence-electron chi connectivity index (χ0n) is 10.0. The molecule has 2 nitrogen and oxygen atoms in total. The maximum atomic E-state index is 8.12. The third-order valence-electron chi connectivity index (χ3n) is 3.00. The number of rotatable bonds is 0. The van der Waals surface area contributed by atoms with Crippen LogP contribution in [0.3, 0.4) is 0 Å². The Balaban J connectivity index is 0.000000367. The Kier molecular flexibility index (Phi) is 3.97. The van der Waals surface area contributed by atoms with Crippen LogP contribution in [0.4, 0.5) is 0 Å². The van der Waals surface area contributed by atoms with Gasteiger partial charge in [-0.3, -0.25) is 0 Å². The SMILES string of the molecule is O=C=O.[Li][c]1cccc2c1ccc1ccccc12. The minimum atomic E-state index is 0.250. The van der Waals surface area contributed by atoms with E-state index in [9.17, 15) is 0 Å². The van der Waals surface area contributed by atoms with Gasteiger partial charge in [-0.15, -0.1) is 0 Å². The van der Waals surface area contributed by atoms with Crippen molar-refractivity contribution in [3.63, 3.8) is 0 Å². The number of carbonyl (C=O) groups excluding carboxylic acids is 2. The van der Waals surface area contributed by atoms with Gasteiger partial charge in [0.05, 0.1) is 0 Å². The van der Waals surface area contributed by atoms with Gasteiger partial charge in [0.25, 0.3) is 0 Å². The van der Waals surface area contributed by atoms with E-state index in [0.29, 0.717) is 0 Å². The van der Waals surface area contributed by atoms with Crippen LogP contribution in [0.25, 0.3) is 21.5 Å². The Labute approximate surface area is 114 Å². The second-order valence-corrected chi connectivity index (χ2v) is 4.04. The molecule has 0 N–H and O–H groups in total. The maximum absolute atomic E-state index is 8.12. The fourth-order valence-electron chi connectivity index (χ4n) is 2.20. The molecule has 0 aliphatic carbocycles. The first-order valence-electron chi connectivity index (χ1n) is 5.64. The molecule has 0 aromatic heterocycles.